The molecule has 0 aliphatic heterocycles. The Labute approximate surface area is 201 Å². The van der Waals surface area contributed by atoms with Gasteiger partial charge in [0.05, 0.1) is 30.7 Å². The van der Waals surface area contributed by atoms with Gasteiger partial charge in [0.25, 0.3) is 0 Å². The number of nitrogens with zero attached hydrogens (tertiary/aromatic N) is 3. The molecule has 0 bridgehead atoms. The first-order valence-corrected chi connectivity index (χ1v) is 13.3. The summed E-state index contributed by atoms with van der Waals surface area (Å²) >= 11 is 5.61. The molecule has 0 spiro atoms. The molecule has 33 heavy (non-hydrogen) atoms. The number of sulfone groups is 1. The van der Waals surface area contributed by atoms with Gasteiger partial charge in [-0.15, -0.1) is 0 Å². The van der Waals surface area contributed by atoms with Crippen LogP contribution in [0.1, 0.15) is 42.1 Å². The number of hydrogen-bond acceptors (Lipinski definition) is 4. The lowest BCUT2D eigenvalue weighted by molar-refractivity contribution is 0.382. The quantitative estimate of drug-likeness (QED) is 0.464. The molecule has 1 N–H and O–H groups in total. The Balaban J connectivity index is 1.70. The van der Waals surface area contributed by atoms with Gasteiger partial charge in [0.1, 0.15) is 0 Å². The van der Waals surface area contributed by atoms with E-state index in [0.717, 1.165) is 41.8 Å². The maximum Gasteiger partial charge on any atom is 0.228 e. The lowest BCUT2D eigenvalue weighted by Crippen LogP contribution is -2.41. The molecule has 0 amide bonds. The largest absolute Gasteiger partial charge is 0.363 e. The lowest BCUT2D eigenvalue weighted by Gasteiger charge is -2.26. The van der Waals surface area contributed by atoms with Crippen molar-refractivity contribution in [3.63, 3.8) is 0 Å². The van der Waals surface area contributed by atoms with Crippen molar-refractivity contribution in [3.8, 4) is 0 Å². The highest BCUT2D eigenvalue weighted by Gasteiger charge is 2.32. The van der Waals surface area contributed by atoms with E-state index in [2.05, 4.69) is 15.2 Å². The van der Waals surface area contributed by atoms with E-state index < -0.39 is 9.84 Å². The standard InChI is InChI=1S/C25H30N4O2S2/c1-3-26-24(32)28(22-13-14-22)17-23-15-27-25(29(23)16-20-10-5-4-6-11-20)33(30,31)18-21-12-8-7-9-19(21)2/h4-12,15,22H,3,13-14,16-18H2,1-2H3,(H,26,32). The van der Waals surface area contributed by atoms with E-state index in [4.69, 9.17) is 12.2 Å². The molecular weight excluding hydrogens is 452 g/mol. The van der Waals surface area contributed by atoms with Crippen LogP contribution in [0.4, 0.5) is 0 Å². The molecule has 2 aromatic carbocycles. The van der Waals surface area contributed by atoms with Crippen molar-refractivity contribution in [2.75, 3.05) is 6.54 Å². The highest BCUT2D eigenvalue weighted by molar-refractivity contribution is 7.90. The third-order valence-electron chi connectivity index (χ3n) is 5.88. The van der Waals surface area contributed by atoms with E-state index in [9.17, 15) is 8.42 Å². The van der Waals surface area contributed by atoms with Gasteiger partial charge in [-0.25, -0.2) is 13.4 Å². The average molecular weight is 483 g/mol. The fourth-order valence-corrected chi connectivity index (χ4v) is 5.87. The molecule has 0 saturated heterocycles. The summed E-state index contributed by atoms with van der Waals surface area (Å²) in [4.78, 5) is 6.59. The van der Waals surface area contributed by atoms with Gasteiger partial charge in [-0.1, -0.05) is 54.6 Å². The number of hydrogen-bond donors (Lipinski definition) is 1. The Kier molecular flexibility index (Phi) is 7.14. The summed E-state index contributed by atoms with van der Waals surface area (Å²) in [7, 11) is -3.65. The fraction of sp³-hybridized carbons (Fsp3) is 0.360. The molecule has 6 nitrogen and oxygen atoms in total. The molecule has 1 fully saturated rings. The van der Waals surface area contributed by atoms with Gasteiger partial charge in [-0.05, 0) is 55.6 Å². The Bertz CT molecular complexity index is 1220. The van der Waals surface area contributed by atoms with Gasteiger partial charge < -0.3 is 14.8 Å². The zero-order valence-electron chi connectivity index (χ0n) is 19.1. The maximum absolute atomic E-state index is 13.5. The monoisotopic (exact) mass is 482 g/mol. The van der Waals surface area contributed by atoms with Crippen molar-refractivity contribution in [3.05, 3.63) is 83.2 Å². The van der Waals surface area contributed by atoms with Gasteiger partial charge in [0.15, 0.2) is 5.11 Å². The average Bonchev–Trinajstić information content (AvgIpc) is 3.55. The molecule has 0 radical (unpaired) electrons. The van der Waals surface area contributed by atoms with Crippen LogP contribution in [0.5, 0.6) is 0 Å². The summed E-state index contributed by atoms with van der Waals surface area (Å²) in [6, 6.07) is 17.9. The minimum Gasteiger partial charge on any atom is -0.363 e. The Morgan fingerprint density at radius 2 is 1.85 bits per heavy atom. The number of aryl methyl sites for hydroxylation is 1. The first-order chi connectivity index (χ1) is 15.9. The van der Waals surface area contributed by atoms with Crippen molar-refractivity contribution >= 4 is 27.2 Å². The third kappa shape index (κ3) is 5.62. The smallest absolute Gasteiger partial charge is 0.228 e. The number of thiocarbonyl (C=S) groups is 1. The molecule has 0 atom stereocenters. The van der Waals surface area contributed by atoms with Crippen LogP contribution in [0.25, 0.3) is 0 Å². The van der Waals surface area contributed by atoms with Crippen LogP contribution in [0.2, 0.25) is 0 Å². The second-order valence-electron chi connectivity index (χ2n) is 8.48. The predicted octanol–water partition coefficient (Wildman–Crippen LogP) is 4.07. The van der Waals surface area contributed by atoms with Crippen LogP contribution in [0.15, 0.2) is 66.0 Å². The van der Waals surface area contributed by atoms with Crippen LogP contribution in [0, 0.1) is 6.92 Å². The van der Waals surface area contributed by atoms with Gasteiger partial charge in [0, 0.05) is 12.6 Å². The van der Waals surface area contributed by atoms with Crippen molar-refractivity contribution < 1.29 is 8.42 Å². The molecule has 0 unspecified atom stereocenters. The first-order valence-electron chi connectivity index (χ1n) is 11.3. The number of rotatable bonds is 9. The third-order valence-corrected chi connectivity index (χ3v) is 7.83. The highest BCUT2D eigenvalue weighted by Crippen LogP contribution is 2.29. The lowest BCUT2D eigenvalue weighted by atomic mass is 10.1. The van der Waals surface area contributed by atoms with Crippen molar-refractivity contribution in [2.24, 2.45) is 0 Å². The molecule has 174 valence electrons. The summed E-state index contributed by atoms with van der Waals surface area (Å²) in [5, 5.41) is 4.05. The van der Waals surface area contributed by atoms with Crippen molar-refractivity contribution in [1.82, 2.24) is 19.8 Å². The molecule has 1 aliphatic carbocycles. The summed E-state index contributed by atoms with van der Waals surface area (Å²) in [5.41, 5.74) is 3.62. The number of benzene rings is 2. The molecule has 1 aromatic heterocycles. The van der Waals surface area contributed by atoms with Crippen LogP contribution in [-0.2, 0) is 28.7 Å². The first kappa shape index (κ1) is 23.4. The number of nitrogens with one attached hydrogen (secondary N) is 1. The van der Waals surface area contributed by atoms with Crippen molar-refractivity contribution in [2.45, 2.75) is 56.7 Å². The second kappa shape index (κ2) is 10.1. The Morgan fingerprint density at radius 1 is 1.15 bits per heavy atom. The molecule has 1 saturated carbocycles. The van der Waals surface area contributed by atoms with Gasteiger partial charge >= 0.3 is 0 Å². The summed E-state index contributed by atoms with van der Waals surface area (Å²) < 4.78 is 28.9. The van der Waals surface area contributed by atoms with E-state index in [1.54, 1.807) is 6.20 Å². The zero-order chi connectivity index (χ0) is 23.4. The minimum atomic E-state index is -3.65. The number of imidazole rings is 1. The molecule has 3 aromatic rings. The minimum absolute atomic E-state index is 0.0763. The van der Waals surface area contributed by atoms with Crippen LogP contribution < -0.4 is 5.32 Å². The van der Waals surface area contributed by atoms with Crippen LogP contribution >= 0.6 is 12.2 Å². The van der Waals surface area contributed by atoms with E-state index in [1.165, 1.54) is 0 Å². The van der Waals surface area contributed by atoms with E-state index in [0.29, 0.717) is 24.2 Å². The van der Waals surface area contributed by atoms with E-state index in [-0.39, 0.29) is 10.9 Å². The summed E-state index contributed by atoms with van der Waals surface area (Å²) in [5.74, 6) is -0.0763. The topological polar surface area (TPSA) is 67.2 Å². The zero-order valence-corrected chi connectivity index (χ0v) is 20.7. The van der Waals surface area contributed by atoms with Gasteiger partial charge in [-0.2, -0.15) is 0 Å². The summed E-state index contributed by atoms with van der Waals surface area (Å²) in [6.07, 6.45) is 3.88. The molecule has 4 rings (SSSR count). The van der Waals surface area contributed by atoms with E-state index in [1.807, 2.05) is 73.0 Å². The SMILES string of the molecule is CCNC(=S)N(Cc1cnc(S(=O)(=O)Cc2ccccc2C)n1Cc1ccccc1)C1CC1. The second-order valence-corrected chi connectivity index (χ2v) is 10.8. The summed E-state index contributed by atoms with van der Waals surface area (Å²) in [6.45, 7) is 5.66. The normalized spacial score (nSPS) is 13.6. The molecule has 1 heterocycles. The van der Waals surface area contributed by atoms with Gasteiger partial charge in [-0.3, -0.25) is 0 Å². The molecule has 1 aliphatic rings. The van der Waals surface area contributed by atoms with E-state index >= 15 is 0 Å². The molecular formula is C25H30N4O2S2. The number of aromatic nitrogens is 2. The van der Waals surface area contributed by atoms with Crippen LogP contribution in [0.3, 0.4) is 0 Å². The maximum atomic E-state index is 13.5. The fourth-order valence-electron chi connectivity index (χ4n) is 3.92. The van der Waals surface area contributed by atoms with Gasteiger partial charge in [0.2, 0.25) is 15.0 Å². The van der Waals surface area contributed by atoms with Crippen LogP contribution in [-0.4, -0.2) is 40.6 Å². The molecule has 8 heteroatoms. The predicted molar refractivity (Wildman–Crippen MR) is 135 cm³/mol. The Hall–Kier alpha value is -2.71. The highest BCUT2D eigenvalue weighted by atomic mass is 32.2. The Morgan fingerprint density at radius 3 is 2.52 bits per heavy atom. The van der Waals surface area contributed by atoms with Crippen molar-refractivity contribution in [1.29, 1.82) is 0 Å².